The van der Waals surface area contributed by atoms with E-state index < -0.39 is 16.0 Å². The molecule has 0 unspecified atom stereocenters. The average molecular weight is 385 g/mol. The third kappa shape index (κ3) is 3.76. The molecule has 27 heavy (non-hydrogen) atoms. The number of hydrogen-bond acceptors (Lipinski definition) is 5. The molecule has 1 aromatic heterocycles. The van der Waals surface area contributed by atoms with Crippen LogP contribution in [-0.4, -0.2) is 31.3 Å². The van der Waals surface area contributed by atoms with E-state index in [-0.39, 0.29) is 10.6 Å². The lowest BCUT2D eigenvalue weighted by molar-refractivity contribution is 0.0593. The van der Waals surface area contributed by atoms with Crippen LogP contribution >= 0.6 is 0 Å². The summed E-state index contributed by atoms with van der Waals surface area (Å²) in [6, 6.07) is 13.6. The Kier molecular flexibility index (Phi) is 4.86. The predicted octanol–water partition coefficient (Wildman–Crippen LogP) is 2.59. The molecule has 0 aliphatic carbocycles. The molecule has 0 saturated carbocycles. The van der Waals surface area contributed by atoms with E-state index in [1.807, 2.05) is 32.0 Å². The topological polar surface area (TPSA) is 104 Å². The second-order valence-corrected chi connectivity index (χ2v) is 7.74. The second-order valence-electron chi connectivity index (χ2n) is 6.18. The van der Waals surface area contributed by atoms with Crippen LogP contribution in [0.4, 0.5) is 0 Å². The molecule has 0 bridgehead atoms. The third-order valence-electron chi connectivity index (χ3n) is 4.18. The number of carbonyl (C=O) groups is 1. The van der Waals surface area contributed by atoms with Gasteiger partial charge in [-0.1, -0.05) is 17.7 Å². The number of hydrogen-bond donors (Lipinski definition) is 1. The quantitative estimate of drug-likeness (QED) is 0.695. The lowest BCUT2D eigenvalue weighted by atomic mass is 10.0. The molecule has 3 aromatic rings. The van der Waals surface area contributed by atoms with Crippen molar-refractivity contribution in [1.29, 1.82) is 0 Å². The first-order chi connectivity index (χ1) is 12.7. The number of sulfonamides is 1. The van der Waals surface area contributed by atoms with Gasteiger partial charge in [-0.2, -0.15) is 5.10 Å². The summed E-state index contributed by atoms with van der Waals surface area (Å²) < 4.78 is 29.3. The SMILES string of the molecule is COC(=O)c1cc(-c2cc(C)ccc2C)n(-c2ccc(S(N)(=O)=O)cc2)n1. The number of carbonyl (C=O) groups excluding carboxylic acids is 1. The molecule has 0 radical (unpaired) electrons. The Morgan fingerprint density at radius 3 is 2.33 bits per heavy atom. The fourth-order valence-corrected chi connectivity index (χ4v) is 3.28. The summed E-state index contributed by atoms with van der Waals surface area (Å²) in [6.07, 6.45) is 0. The monoisotopic (exact) mass is 385 g/mol. The molecule has 0 saturated heterocycles. The smallest absolute Gasteiger partial charge is 0.358 e. The predicted molar refractivity (Wildman–Crippen MR) is 101 cm³/mol. The van der Waals surface area contributed by atoms with E-state index in [1.165, 1.54) is 19.2 Å². The summed E-state index contributed by atoms with van der Waals surface area (Å²) in [6.45, 7) is 3.94. The van der Waals surface area contributed by atoms with Gasteiger partial charge in [0.2, 0.25) is 10.0 Å². The van der Waals surface area contributed by atoms with E-state index in [2.05, 4.69) is 5.10 Å². The van der Waals surface area contributed by atoms with Gasteiger partial charge in [-0.15, -0.1) is 0 Å². The minimum absolute atomic E-state index is 0.000108. The highest BCUT2D eigenvalue weighted by Gasteiger charge is 2.19. The number of ether oxygens (including phenoxy) is 1. The average Bonchev–Trinajstić information content (AvgIpc) is 3.07. The van der Waals surface area contributed by atoms with Crippen LogP contribution in [0.2, 0.25) is 0 Å². The summed E-state index contributed by atoms with van der Waals surface area (Å²) in [7, 11) is -2.50. The lowest BCUT2D eigenvalue weighted by Crippen LogP contribution is -2.12. The first-order valence-corrected chi connectivity index (χ1v) is 9.64. The summed E-state index contributed by atoms with van der Waals surface area (Å²) in [5, 5.41) is 9.51. The van der Waals surface area contributed by atoms with Crippen LogP contribution in [0, 0.1) is 13.8 Å². The first-order valence-electron chi connectivity index (χ1n) is 8.10. The number of methoxy groups -OCH3 is 1. The zero-order valence-electron chi connectivity index (χ0n) is 15.1. The van der Waals surface area contributed by atoms with E-state index in [0.29, 0.717) is 11.4 Å². The molecule has 0 fully saturated rings. The van der Waals surface area contributed by atoms with Crippen LogP contribution < -0.4 is 5.14 Å². The van der Waals surface area contributed by atoms with E-state index in [0.717, 1.165) is 16.7 Å². The van der Waals surface area contributed by atoms with Crippen molar-refractivity contribution in [3.63, 3.8) is 0 Å². The van der Waals surface area contributed by atoms with Gasteiger partial charge < -0.3 is 4.74 Å². The van der Waals surface area contributed by atoms with Crippen LogP contribution in [0.5, 0.6) is 0 Å². The Morgan fingerprint density at radius 1 is 1.07 bits per heavy atom. The first kappa shape index (κ1) is 18.8. The van der Waals surface area contributed by atoms with Crippen molar-refractivity contribution in [1.82, 2.24) is 9.78 Å². The van der Waals surface area contributed by atoms with Crippen molar-refractivity contribution in [3.05, 3.63) is 65.4 Å². The van der Waals surface area contributed by atoms with Crippen LogP contribution in [0.15, 0.2) is 53.4 Å². The van der Waals surface area contributed by atoms with Gasteiger partial charge in [0.05, 0.1) is 23.4 Å². The molecule has 1 heterocycles. The molecular formula is C19H19N3O4S. The van der Waals surface area contributed by atoms with Gasteiger partial charge in [0.1, 0.15) is 0 Å². The number of benzene rings is 2. The number of rotatable bonds is 4. The molecule has 8 heteroatoms. The third-order valence-corrected chi connectivity index (χ3v) is 5.11. The van der Waals surface area contributed by atoms with Crippen molar-refractivity contribution in [3.8, 4) is 16.9 Å². The molecule has 7 nitrogen and oxygen atoms in total. The number of nitrogens with zero attached hydrogens (tertiary/aromatic N) is 2. The minimum Gasteiger partial charge on any atom is -0.464 e. The highest BCUT2D eigenvalue weighted by Crippen LogP contribution is 2.28. The second kappa shape index (κ2) is 6.98. The number of aryl methyl sites for hydroxylation is 2. The summed E-state index contributed by atoms with van der Waals surface area (Å²) in [4.78, 5) is 12.0. The van der Waals surface area contributed by atoms with Gasteiger partial charge >= 0.3 is 5.97 Å². The Hall–Kier alpha value is -2.97. The van der Waals surface area contributed by atoms with Gasteiger partial charge in [0.25, 0.3) is 0 Å². The Labute approximate surface area is 157 Å². The van der Waals surface area contributed by atoms with Crippen molar-refractivity contribution < 1.29 is 17.9 Å². The maximum Gasteiger partial charge on any atom is 0.358 e. The standard InChI is InChI=1S/C19H19N3O4S/c1-12-4-5-13(2)16(10-12)18-11-17(19(23)26-3)21-22(18)14-6-8-15(9-7-14)27(20,24)25/h4-11H,1-3H3,(H2,20,24,25). The van der Waals surface area contributed by atoms with Crippen molar-refractivity contribution in [2.45, 2.75) is 18.7 Å². The van der Waals surface area contributed by atoms with Crippen LogP contribution in [0.3, 0.4) is 0 Å². The maximum absolute atomic E-state index is 12.0. The molecule has 2 aromatic carbocycles. The summed E-state index contributed by atoms with van der Waals surface area (Å²) in [5.74, 6) is -0.554. The minimum atomic E-state index is -3.79. The van der Waals surface area contributed by atoms with Gasteiger partial charge in [-0.3, -0.25) is 0 Å². The van der Waals surface area contributed by atoms with Gasteiger partial charge in [0.15, 0.2) is 5.69 Å². The summed E-state index contributed by atoms with van der Waals surface area (Å²) >= 11 is 0. The maximum atomic E-state index is 12.0. The highest BCUT2D eigenvalue weighted by molar-refractivity contribution is 7.89. The molecule has 0 atom stereocenters. The Balaban J connectivity index is 2.21. The van der Waals surface area contributed by atoms with Gasteiger partial charge in [-0.25, -0.2) is 23.0 Å². The molecule has 2 N–H and O–H groups in total. The van der Waals surface area contributed by atoms with E-state index in [4.69, 9.17) is 9.88 Å². The number of nitrogens with two attached hydrogens (primary N) is 1. The fourth-order valence-electron chi connectivity index (χ4n) is 2.76. The van der Waals surface area contributed by atoms with Gasteiger partial charge in [0, 0.05) is 5.56 Å². The lowest BCUT2D eigenvalue weighted by Gasteiger charge is -2.11. The fraction of sp³-hybridized carbons (Fsp3) is 0.158. The van der Waals surface area contributed by atoms with Crippen LogP contribution in [0.1, 0.15) is 21.6 Å². The Morgan fingerprint density at radius 2 is 1.74 bits per heavy atom. The number of aromatic nitrogens is 2. The largest absolute Gasteiger partial charge is 0.464 e. The molecular weight excluding hydrogens is 366 g/mol. The van der Waals surface area contributed by atoms with Crippen molar-refractivity contribution in [2.75, 3.05) is 7.11 Å². The van der Waals surface area contributed by atoms with E-state index in [9.17, 15) is 13.2 Å². The van der Waals surface area contributed by atoms with Crippen LogP contribution in [0.25, 0.3) is 16.9 Å². The van der Waals surface area contributed by atoms with Gasteiger partial charge in [-0.05, 0) is 55.8 Å². The van der Waals surface area contributed by atoms with E-state index >= 15 is 0 Å². The zero-order valence-corrected chi connectivity index (χ0v) is 15.9. The summed E-state index contributed by atoms with van der Waals surface area (Å²) in [5.41, 5.74) is 4.43. The molecule has 140 valence electrons. The number of esters is 1. The normalized spacial score (nSPS) is 11.4. The highest BCUT2D eigenvalue weighted by atomic mass is 32.2. The number of primary sulfonamides is 1. The van der Waals surface area contributed by atoms with Crippen molar-refractivity contribution >= 4 is 16.0 Å². The van der Waals surface area contributed by atoms with Crippen molar-refractivity contribution in [2.24, 2.45) is 5.14 Å². The Bertz CT molecular complexity index is 1120. The van der Waals surface area contributed by atoms with Crippen LogP contribution in [-0.2, 0) is 14.8 Å². The molecule has 0 aliphatic heterocycles. The molecule has 3 rings (SSSR count). The molecule has 0 amide bonds. The molecule has 0 spiro atoms. The molecule has 0 aliphatic rings. The zero-order chi connectivity index (χ0) is 19.8. The van der Waals surface area contributed by atoms with E-state index in [1.54, 1.807) is 22.9 Å².